The lowest BCUT2D eigenvalue weighted by Gasteiger charge is -2.20. The van der Waals surface area contributed by atoms with E-state index >= 15 is 0 Å². The monoisotopic (exact) mass is 283 g/mol. The van der Waals surface area contributed by atoms with Crippen molar-refractivity contribution < 1.29 is 18.3 Å². The van der Waals surface area contributed by atoms with E-state index in [1.807, 2.05) is 0 Å². The van der Waals surface area contributed by atoms with Crippen molar-refractivity contribution in [1.82, 2.24) is 5.32 Å². The number of rotatable bonds is 5. The molecule has 2 rings (SSSR count). The molecular weight excluding hydrogens is 264 g/mol. The van der Waals surface area contributed by atoms with Gasteiger partial charge in [0.15, 0.2) is 11.6 Å². The van der Waals surface area contributed by atoms with Gasteiger partial charge in [-0.3, -0.25) is 4.79 Å². The van der Waals surface area contributed by atoms with Crippen molar-refractivity contribution in [3.8, 4) is 5.75 Å². The van der Waals surface area contributed by atoms with Gasteiger partial charge >= 0.3 is 0 Å². The van der Waals surface area contributed by atoms with Gasteiger partial charge in [0.2, 0.25) is 5.91 Å². The van der Waals surface area contributed by atoms with Crippen LogP contribution in [0.4, 0.5) is 8.78 Å². The number of nitrogens with one attached hydrogen (secondary N) is 1. The molecule has 1 fully saturated rings. The van der Waals surface area contributed by atoms with E-state index in [2.05, 4.69) is 5.32 Å². The highest BCUT2D eigenvalue weighted by atomic mass is 19.1. The fraction of sp³-hybridized carbons (Fsp3) is 0.533. The quantitative estimate of drug-likeness (QED) is 0.843. The zero-order valence-corrected chi connectivity index (χ0v) is 11.3. The highest BCUT2D eigenvalue weighted by Crippen LogP contribution is 2.23. The number of ether oxygens (including phenoxy) is 1. The molecule has 0 bridgehead atoms. The van der Waals surface area contributed by atoms with Gasteiger partial charge in [-0.1, -0.05) is 19.3 Å². The molecule has 0 unspecified atom stereocenters. The smallest absolute Gasteiger partial charge is 0.223 e. The molecule has 3 nitrogen and oxygen atoms in total. The average molecular weight is 283 g/mol. The molecule has 1 aliphatic carbocycles. The van der Waals surface area contributed by atoms with Crippen molar-refractivity contribution in [2.45, 2.75) is 32.1 Å². The summed E-state index contributed by atoms with van der Waals surface area (Å²) in [6.45, 7) is 0.493. The predicted molar refractivity (Wildman–Crippen MR) is 71.4 cm³/mol. The molecule has 0 saturated heterocycles. The molecule has 0 heterocycles. The maximum absolute atomic E-state index is 13.3. The lowest BCUT2D eigenvalue weighted by atomic mass is 9.89. The number of amides is 1. The minimum atomic E-state index is -0.733. The van der Waals surface area contributed by atoms with Gasteiger partial charge in [-0.2, -0.15) is 0 Å². The fourth-order valence-electron chi connectivity index (χ4n) is 2.44. The summed E-state index contributed by atoms with van der Waals surface area (Å²) in [6.07, 6.45) is 5.31. The summed E-state index contributed by atoms with van der Waals surface area (Å²) in [5.74, 6) is -1.22. The molecule has 110 valence electrons. The molecule has 0 aromatic heterocycles. The second kappa shape index (κ2) is 7.22. The van der Waals surface area contributed by atoms with Crippen LogP contribution in [0.2, 0.25) is 0 Å². The number of carbonyl (C=O) groups is 1. The molecule has 1 aromatic carbocycles. The van der Waals surface area contributed by atoms with Crippen molar-refractivity contribution in [3.05, 3.63) is 29.8 Å². The van der Waals surface area contributed by atoms with Crippen LogP contribution in [0, 0.1) is 17.6 Å². The van der Waals surface area contributed by atoms with Gasteiger partial charge in [0.1, 0.15) is 12.4 Å². The van der Waals surface area contributed by atoms with Crippen LogP contribution in [0.5, 0.6) is 5.75 Å². The third-order valence-corrected chi connectivity index (χ3v) is 3.53. The zero-order valence-electron chi connectivity index (χ0n) is 11.3. The topological polar surface area (TPSA) is 38.3 Å². The number of hydrogen-bond donors (Lipinski definition) is 1. The highest BCUT2D eigenvalue weighted by molar-refractivity contribution is 5.78. The molecule has 1 amide bonds. The Kier molecular flexibility index (Phi) is 5.32. The number of hydrogen-bond acceptors (Lipinski definition) is 2. The third kappa shape index (κ3) is 4.18. The van der Waals surface area contributed by atoms with E-state index in [1.54, 1.807) is 0 Å². The largest absolute Gasteiger partial charge is 0.489 e. The average Bonchev–Trinajstić information content (AvgIpc) is 2.46. The van der Waals surface area contributed by atoms with Crippen LogP contribution in [-0.4, -0.2) is 19.1 Å². The first-order chi connectivity index (χ1) is 9.66. The Bertz CT molecular complexity index is 459. The molecule has 0 aliphatic heterocycles. The summed E-state index contributed by atoms with van der Waals surface area (Å²) in [5.41, 5.74) is 0. The Morgan fingerprint density at radius 3 is 2.70 bits per heavy atom. The Labute approximate surface area is 117 Å². The standard InChI is InChI=1S/C15H19F2NO2/c16-12-6-7-14(13(17)10-12)20-9-8-18-15(19)11-4-2-1-3-5-11/h6-7,10-11H,1-5,8-9H2,(H,18,19). The molecule has 1 saturated carbocycles. The summed E-state index contributed by atoms with van der Waals surface area (Å²) in [5, 5.41) is 2.79. The molecule has 1 aliphatic rings. The SMILES string of the molecule is O=C(NCCOc1ccc(F)cc1F)C1CCCCC1. The van der Waals surface area contributed by atoms with Crippen LogP contribution in [0.15, 0.2) is 18.2 Å². The van der Waals surface area contributed by atoms with Gasteiger partial charge in [-0.15, -0.1) is 0 Å². The highest BCUT2D eigenvalue weighted by Gasteiger charge is 2.20. The first kappa shape index (κ1) is 14.8. The fourth-order valence-corrected chi connectivity index (χ4v) is 2.44. The van der Waals surface area contributed by atoms with Crippen LogP contribution in [0.1, 0.15) is 32.1 Å². The van der Waals surface area contributed by atoms with Crippen LogP contribution in [-0.2, 0) is 4.79 Å². The maximum Gasteiger partial charge on any atom is 0.223 e. The van der Waals surface area contributed by atoms with Crippen LogP contribution in [0.3, 0.4) is 0 Å². The molecule has 0 spiro atoms. The van der Waals surface area contributed by atoms with Crippen LogP contribution >= 0.6 is 0 Å². The van der Waals surface area contributed by atoms with Crippen molar-refractivity contribution in [2.24, 2.45) is 5.92 Å². The summed E-state index contributed by atoms with van der Waals surface area (Å²) in [6, 6.07) is 3.16. The van der Waals surface area contributed by atoms with E-state index < -0.39 is 11.6 Å². The van der Waals surface area contributed by atoms with E-state index in [1.165, 1.54) is 12.5 Å². The molecule has 5 heteroatoms. The zero-order chi connectivity index (χ0) is 14.4. The Morgan fingerprint density at radius 1 is 1.25 bits per heavy atom. The molecular formula is C15H19F2NO2. The Balaban J connectivity index is 1.69. The van der Waals surface area contributed by atoms with E-state index in [4.69, 9.17) is 4.74 Å². The van der Waals surface area contributed by atoms with Crippen LogP contribution < -0.4 is 10.1 Å². The molecule has 20 heavy (non-hydrogen) atoms. The summed E-state index contributed by atoms with van der Waals surface area (Å²) in [7, 11) is 0. The van der Waals surface area contributed by atoms with E-state index in [9.17, 15) is 13.6 Å². The van der Waals surface area contributed by atoms with E-state index in [0.717, 1.165) is 37.8 Å². The summed E-state index contributed by atoms with van der Waals surface area (Å²) >= 11 is 0. The normalized spacial score (nSPS) is 15.9. The first-order valence-electron chi connectivity index (χ1n) is 7.02. The van der Waals surface area contributed by atoms with E-state index in [-0.39, 0.29) is 24.2 Å². The van der Waals surface area contributed by atoms with Crippen molar-refractivity contribution >= 4 is 5.91 Å². The van der Waals surface area contributed by atoms with Gasteiger partial charge in [0.05, 0.1) is 6.54 Å². The minimum absolute atomic E-state index is 0.00156. The van der Waals surface area contributed by atoms with Crippen molar-refractivity contribution in [1.29, 1.82) is 0 Å². The minimum Gasteiger partial charge on any atom is -0.489 e. The summed E-state index contributed by atoms with van der Waals surface area (Å²) < 4.78 is 31.1. The predicted octanol–water partition coefficient (Wildman–Crippen LogP) is 3.04. The maximum atomic E-state index is 13.3. The van der Waals surface area contributed by atoms with Gasteiger partial charge in [-0.25, -0.2) is 8.78 Å². The molecule has 0 atom stereocenters. The second-order valence-corrected chi connectivity index (χ2v) is 5.05. The first-order valence-corrected chi connectivity index (χ1v) is 7.02. The molecule has 1 aromatic rings. The molecule has 1 N–H and O–H groups in total. The number of halogens is 2. The third-order valence-electron chi connectivity index (χ3n) is 3.53. The van der Waals surface area contributed by atoms with Gasteiger partial charge in [0, 0.05) is 12.0 Å². The van der Waals surface area contributed by atoms with Crippen molar-refractivity contribution in [2.75, 3.05) is 13.2 Å². The second-order valence-electron chi connectivity index (χ2n) is 5.05. The number of carbonyl (C=O) groups excluding carboxylic acids is 1. The summed E-state index contributed by atoms with van der Waals surface area (Å²) in [4.78, 5) is 11.8. The van der Waals surface area contributed by atoms with Gasteiger partial charge in [-0.05, 0) is 25.0 Å². The lowest BCUT2D eigenvalue weighted by Crippen LogP contribution is -2.34. The lowest BCUT2D eigenvalue weighted by molar-refractivity contribution is -0.126. The Hall–Kier alpha value is -1.65. The Morgan fingerprint density at radius 2 is 2.00 bits per heavy atom. The molecule has 0 radical (unpaired) electrons. The van der Waals surface area contributed by atoms with Gasteiger partial charge < -0.3 is 10.1 Å². The van der Waals surface area contributed by atoms with Gasteiger partial charge in [0.25, 0.3) is 0 Å². The van der Waals surface area contributed by atoms with Crippen LogP contribution in [0.25, 0.3) is 0 Å². The van der Waals surface area contributed by atoms with Crippen molar-refractivity contribution in [3.63, 3.8) is 0 Å². The number of benzene rings is 1. The van der Waals surface area contributed by atoms with E-state index in [0.29, 0.717) is 6.54 Å².